The van der Waals surface area contributed by atoms with Crippen LogP contribution in [0.3, 0.4) is 0 Å². The van der Waals surface area contributed by atoms with Crippen molar-refractivity contribution < 1.29 is 36.8 Å². The zero-order valence-electron chi connectivity index (χ0n) is 18.9. The minimum atomic E-state index is -0.684. The van der Waals surface area contributed by atoms with E-state index >= 15 is 0 Å². The van der Waals surface area contributed by atoms with Crippen molar-refractivity contribution in [1.82, 2.24) is 10.5 Å². The Bertz CT molecular complexity index is 943. The van der Waals surface area contributed by atoms with Crippen LogP contribution in [0, 0.1) is 23.3 Å². The van der Waals surface area contributed by atoms with Gasteiger partial charge in [-0.2, -0.15) is 10.5 Å². The molecule has 2 aliphatic rings. The Hall–Kier alpha value is -2.40. The molecule has 188 valence electrons. The SMILES string of the molecule is CC(C)(C)OC(=O)N1OCC[C@H]1c1cc(F)cc(F)c1.Cl.Fc1cc(F)cc([C@@H]2CCON2)c1. The number of hydrogen-bond donors (Lipinski definition) is 1. The molecule has 0 radical (unpaired) electrons. The van der Waals surface area contributed by atoms with Gasteiger partial charge in [-0.3, -0.25) is 4.84 Å². The molecule has 2 saturated heterocycles. The molecule has 2 aromatic rings. The molecule has 6 nitrogen and oxygen atoms in total. The van der Waals surface area contributed by atoms with Crippen molar-refractivity contribution in [1.29, 1.82) is 0 Å². The molecule has 34 heavy (non-hydrogen) atoms. The number of carbonyl (C=O) groups excluding carboxylic acids is 1. The predicted molar refractivity (Wildman–Crippen MR) is 118 cm³/mol. The molecule has 2 atom stereocenters. The summed E-state index contributed by atoms with van der Waals surface area (Å²) in [6, 6.07) is 6.03. The van der Waals surface area contributed by atoms with Gasteiger partial charge in [-0.15, -0.1) is 12.4 Å². The largest absolute Gasteiger partial charge is 0.442 e. The molecular formula is C23H27ClF4N2O4. The fourth-order valence-electron chi connectivity index (χ4n) is 3.43. The van der Waals surface area contributed by atoms with Crippen molar-refractivity contribution in [2.75, 3.05) is 13.2 Å². The zero-order valence-corrected chi connectivity index (χ0v) is 19.8. The number of nitrogens with one attached hydrogen (secondary N) is 1. The maximum Gasteiger partial charge on any atom is 0.435 e. The number of benzene rings is 2. The van der Waals surface area contributed by atoms with Crippen molar-refractivity contribution >= 4 is 18.5 Å². The lowest BCUT2D eigenvalue weighted by Crippen LogP contribution is -2.35. The normalized spacial score (nSPS) is 19.8. The number of hydrogen-bond acceptors (Lipinski definition) is 5. The fourth-order valence-corrected chi connectivity index (χ4v) is 3.43. The first-order valence-electron chi connectivity index (χ1n) is 10.5. The summed E-state index contributed by atoms with van der Waals surface area (Å²) in [6.45, 7) is 6.07. The first kappa shape index (κ1) is 27.8. The van der Waals surface area contributed by atoms with Crippen LogP contribution in [0.15, 0.2) is 36.4 Å². The van der Waals surface area contributed by atoms with Crippen molar-refractivity contribution in [3.63, 3.8) is 0 Å². The Balaban J connectivity index is 0.000000253. The number of amides is 1. The van der Waals surface area contributed by atoms with E-state index in [4.69, 9.17) is 14.4 Å². The number of carbonyl (C=O) groups is 1. The Labute approximate surface area is 201 Å². The molecule has 1 N–H and O–H groups in total. The van der Waals surface area contributed by atoms with Crippen molar-refractivity contribution in [3.8, 4) is 0 Å². The van der Waals surface area contributed by atoms with Gasteiger partial charge in [-0.1, -0.05) is 0 Å². The second-order valence-electron chi connectivity index (χ2n) is 8.66. The predicted octanol–water partition coefficient (Wildman–Crippen LogP) is 5.93. The van der Waals surface area contributed by atoms with E-state index in [-0.39, 0.29) is 18.4 Å². The van der Waals surface area contributed by atoms with E-state index in [2.05, 4.69) is 5.48 Å². The molecule has 2 aliphatic heterocycles. The number of ether oxygens (including phenoxy) is 1. The summed E-state index contributed by atoms with van der Waals surface area (Å²) >= 11 is 0. The van der Waals surface area contributed by atoms with Crippen molar-refractivity contribution in [2.24, 2.45) is 0 Å². The number of hydroxylamine groups is 3. The van der Waals surface area contributed by atoms with Crippen LogP contribution in [0.25, 0.3) is 0 Å². The number of nitrogens with zero attached hydrogens (tertiary/aromatic N) is 1. The average Bonchev–Trinajstić information content (AvgIpc) is 3.38. The Morgan fingerprint density at radius 1 is 0.912 bits per heavy atom. The number of halogens is 5. The van der Waals surface area contributed by atoms with Gasteiger partial charge < -0.3 is 9.57 Å². The van der Waals surface area contributed by atoms with Crippen LogP contribution in [-0.4, -0.2) is 30.0 Å². The molecule has 0 bridgehead atoms. The van der Waals surface area contributed by atoms with Gasteiger partial charge in [0.1, 0.15) is 28.9 Å². The van der Waals surface area contributed by atoms with Crippen LogP contribution in [0.5, 0.6) is 0 Å². The molecule has 0 spiro atoms. The van der Waals surface area contributed by atoms with E-state index in [9.17, 15) is 22.4 Å². The number of rotatable bonds is 2. The fraction of sp³-hybridized carbons (Fsp3) is 0.435. The van der Waals surface area contributed by atoms with Gasteiger partial charge in [0, 0.05) is 18.6 Å². The van der Waals surface area contributed by atoms with E-state index in [1.54, 1.807) is 20.8 Å². The second-order valence-corrected chi connectivity index (χ2v) is 8.66. The lowest BCUT2D eigenvalue weighted by Gasteiger charge is -2.27. The quantitative estimate of drug-likeness (QED) is 0.511. The monoisotopic (exact) mass is 506 g/mol. The van der Waals surface area contributed by atoms with Crippen LogP contribution in [0.2, 0.25) is 0 Å². The Morgan fingerprint density at radius 3 is 1.91 bits per heavy atom. The maximum absolute atomic E-state index is 13.3. The molecule has 1 amide bonds. The summed E-state index contributed by atoms with van der Waals surface area (Å²) in [5, 5.41) is 1.04. The molecule has 11 heteroatoms. The molecule has 4 rings (SSSR count). The average molecular weight is 507 g/mol. The third-order valence-corrected chi connectivity index (χ3v) is 4.77. The first-order chi connectivity index (χ1) is 15.5. The molecule has 0 saturated carbocycles. The Kier molecular flexibility index (Phi) is 9.69. The maximum atomic E-state index is 13.3. The highest BCUT2D eigenvalue weighted by molar-refractivity contribution is 5.85. The summed E-state index contributed by atoms with van der Waals surface area (Å²) in [7, 11) is 0. The van der Waals surface area contributed by atoms with Crippen LogP contribution in [0.1, 0.15) is 56.8 Å². The van der Waals surface area contributed by atoms with E-state index in [1.807, 2.05) is 0 Å². The zero-order chi connectivity index (χ0) is 24.2. The van der Waals surface area contributed by atoms with Gasteiger partial charge in [-0.25, -0.2) is 22.4 Å². The van der Waals surface area contributed by atoms with Crippen LogP contribution in [0.4, 0.5) is 22.4 Å². The molecule has 2 heterocycles. The summed E-state index contributed by atoms with van der Waals surface area (Å²) < 4.78 is 57.3. The van der Waals surface area contributed by atoms with E-state index < -0.39 is 41.0 Å². The van der Waals surface area contributed by atoms with Gasteiger partial charge in [0.05, 0.1) is 25.3 Å². The smallest absolute Gasteiger partial charge is 0.435 e. The standard InChI is InChI=1S/C14H17F2NO3.C9H9F2NO.ClH/c1-14(2,3)20-13(18)17-12(4-5-19-17)9-6-10(15)8-11(16)7-9;10-7-3-6(4-8(11)5-7)9-1-2-13-12-9;/h6-8,12H,4-5H2,1-3H3;3-5,9,12H,1-2H2;1H/t12-;9-;/m00./s1. The highest BCUT2D eigenvalue weighted by Gasteiger charge is 2.35. The highest BCUT2D eigenvalue weighted by Crippen LogP contribution is 2.32. The van der Waals surface area contributed by atoms with E-state index in [0.29, 0.717) is 30.8 Å². The first-order valence-corrected chi connectivity index (χ1v) is 10.5. The highest BCUT2D eigenvalue weighted by atomic mass is 35.5. The van der Waals surface area contributed by atoms with Crippen molar-refractivity contribution in [2.45, 2.75) is 51.3 Å². The third kappa shape index (κ3) is 7.83. The molecule has 2 aromatic carbocycles. The molecule has 0 unspecified atom stereocenters. The molecule has 0 aliphatic carbocycles. The molecule has 2 fully saturated rings. The van der Waals surface area contributed by atoms with Crippen LogP contribution in [-0.2, 0) is 14.4 Å². The molecule has 0 aromatic heterocycles. The minimum absolute atomic E-state index is 0. The van der Waals surface area contributed by atoms with E-state index in [0.717, 1.165) is 23.6 Å². The van der Waals surface area contributed by atoms with E-state index in [1.165, 1.54) is 24.3 Å². The summed E-state index contributed by atoms with van der Waals surface area (Å²) in [5.41, 5.74) is 2.97. The third-order valence-electron chi connectivity index (χ3n) is 4.77. The summed E-state index contributed by atoms with van der Waals surface area (Å²) in [5.74, 6) is -2.47. The molecular weight excluding hydrogens is 480 g/mol. The second kappa shape index (κ2) is 11.8. The van der Waals surface area contributed by atoms with Gasteiger partial charge in [0.25, 0.3) is 0 Å². The van der Waals surface area contributed by atoms with Gasteiger partial charge >= 0.3 is 6.09 Å². The lowest BCUT2D eigenvalue weighted by atomic mass is 10.0. The van der Waals surface area contributed by atoms with Gasteiger partial charge in [0.15, 0.2) is 0 Å². The van der Waals surface area contributed by atoms with Crippen molar-refractivity contribution in [3.05, 3.63) is 70.8 Å². The lowest BCUT2D eigenvalue weighted by molar-refractivity contribution is -0.125. The van der Waals surface area contributed by atoms with Crippen LogP contribution >= 0.6 is 12.4 Å². The summed E-state index contributed by atoms with van der Waals surface area (Å²) in [4.78, 5) is 22.1. The Morgan fingerprint density at radius 2 is 1.44 bits per heavy atom. The van der Waals surface area contributed by atoms with Gasteiger partial charge in [-0.05, 0) is 62.6 Å². The minimum Gasteiger partial charge on any atom is -0.442 e. The topological polar surface area (TPSA) is 60.0 Å². The summed E-state index contributed by atoms with van der Waals surface area (Å²) in [6.07, 6.45) is 0.537. The van der Waals surface area contributed by atoms with Crippen LogP contribution < -0.4 is 5.48 Å². The van der Waals surface area contributed by atoms with Gasteiger partial charge in [0.2, 0.25) is 0 Å².